The van der Waals surface area contributed by atoms with Crippen LogP contribution in [0.1, 0.15) is 64.5 Å². The van der Waals surface area contributed by atoms with Gasteiger partial charge in [0.05, 0.1) is 11.1 Å². The van der Waals surface area contributed by atoms with E-state index in [4.69, 9.17) is 8.83 Å². The number of hydrogen-bond acceptors (Lipinski definition) is 8. The van der Waals surface area contributed by atoms with Crippen LogP contribution in [0, 0.1) is 17.5 Å². The maximum absolute atomic E-state index is 14.0. The topological polar surface area (TPSA) is 102 Å². The van der Waals surface area contributed by atoms with E-state index in [0.29, 0.717) is 30.2 Å². The summed E-state index contributed by atoms with van der Waals surface area (Å²) in [6, 6.07) is 7.82. The van der Waals surface area contributed by atoms with Gasteiger partial charge in [-0.2, -0.15) is 0 Å². The lowest BCUT2D eigenvalue weighted by Gasteiger charge is -2.08. The van der Waals surface area contributed by atoms with Gasteiger partial charge >= 0.3 is 12.0 Å². The summed E-state index contributed by atoms with van der Waals surface area (Å²) in [7, 11) is 0. The SMILES string of the molecule is CCNc1nnc(-c2cc(F)c(C(C)C)cc2F)o1.CCNc1nnc(-c2ccc(C(C)C)cc2F)o1. The molecule has 11 heteroatoms. The van der Waals surface area contributed by atoms with Crippen molar-refractivity contribution >= 4 is 12.0 Å². The predicted octanol–water partition coefficient (Wildman–Crippen LogP) is 7.00. The zero-order chi connectivity index (χ0) is 27.1. The average molecular weight is 517 g/mol. The minimum absolute atomic E-state index is 0.0291. The first-order valence-corrected chi connectivity index (χ1v) is 12.1. The Morgan fingerprint density at radius 1 is 0.676 bits per heavy atom. The molecule has 0 radical (unpaired) electrons. The Balaban J connectivity index is 0.000000206. The van der Waals surface area contributed by atoms with Gasteiger partial charge in [0.15, 0.2) is 0 Å². The molecule has 2 heterocycles. The zero-order valence-electron chi connectivity index (χ0n) is 21.7. The van der Waals surface area contributed by atoms with Crippen LogP contribution >= 0.6 is 0 Å². The summed E-state index contributed by atoms with van der Waals surface area (Å²) in [5.74, 6) is -1.04. The number of nitrogens with one attached hydrogen (secondary N) is 2. The summed E-state index contributed by atoms with van der Waals surface area (Å²) >= 11 is 0. The fraction of sp³-hybridized carbons (Fsp3) is 0.385. The molecule has 4 rings (SSSR count). The van der Waals surface area contributed by atoms with E-state index in [-0.39, 0.29) is 41.0 Å². The summed E-state index contributed by atoms with van der Waals surface area (Å²) in [5, 5.41) is 20.7. The van der Waals surface area contributed by atoms with Crippen LogP contribution in [-0.2, 0) is 0 Å². The highest BCUT2D eigenvalue weighted by Crippen LogP contribution is 2.29. The molecule has 0 saturated heterocycles. The Morgan fingerprint density at radius 2 is 1.22 bits per heavy atom. The Hall–Kier alpha value is -3.89. The van der Waals surface area contributed by atoms with Crippen LogP contribution in [0.25, 0.3) is 22.9 Å². The predicted molar refractivity (Wildman–Crippen MR) is 136 cm³/mol. The maximum atomic E-state index is 14.0. The molecule has 4 aromatic rings. The van der Waals surface area contributed by atoms with Gasteiger partial charge in [-0.1, -0.05) is 44.0 Å². The highest BCUT2D eigenvalue weighted by atomic mass is 19.1. The Labute approximate surface area is 213 Å². The van der Waals surface area contributed by atoms with Crippen LogP contribution in [-0.4, -0.2) is 33.5 Å². The summed E-state index contributed by atoms with van der Waals surface area (Å²) in [6.45, 7) is 12.7. The number of hydrogen-bond donors (Lipinski definition) is 2. The summed E-state index contributed by atoms with van der Waals surface area (Å²) in [4.78, 5) is 0. The van der Waals surface area contributed by atoms with E-state index < -0.39 is 11.6 Å². The molecule has 0 aliphatic heterocycles. The first-order valence-electron chi connectivity index (χ1n) is 12.1. The van der Waals surface area contributed by atoms with Gasteiger partial charge in [-0.25, -0.2) is 13.2 Å². The van der Waals surface area contributed by atoms with Gasteiger partial charge in [0.1, 0.15) is 17.5 Å². The minimum atomic E-state index is -0.572. The maximum Gasteiger partial charge on any atom is 0.315 e. The van der Waals surface area contributed by atoms with Crippen molar-refractivity contribution in [2.24, 2.45) is 0 Å². The lowest BCUT2D eigenvalue weighted by atomic mass is 10.0. The fourth-order valence-electron chi connectivity index (χ4n) is 3.34. The largest absolute Gasteiger partial charge is 0.403 e. The molecule has 0 saturated carbocycles. The standard InChI is InChI=1S/C13H15F2N3O.C13H16FN3O/c1-4-16-13-18-17-12(19-13)9-6-10(14)8(7(2)3)5-11(9)15;1-4-15-13-17-16-12(18-13)10-6-5-9(8(2)3)7-11(10)14/h5-7H,4H2,1-3H3,(H,16,18);5-8H,4H2,1-3H3,(H,15,17). The van der Waals surface area contributed by atoms with Crippen LogP contribution in [0.3, 0.4) is 0 Å². The highest BCUT2D eigenvalue weighted by Gasteiger charge is 2.18. The van der Waals surface area contributed by atoms with Crippen molar-refractivity contribution < 1.29 is 22.0 Å². The van der Waals surface area contributed by atoms with Crippen LogP contribution in [0.5, 0.6) is 0 Å². The Morgan fingerprint density at radius 3 is 1.70 bits per heavy atom. The number of benzene rings is 2. The fourth-order valence-corrected chi connectivity index (χ4v) is 3.34. The van der Waals surface area contributed by atoms with Crippen molar-refractivity contribution in [2.45, 2.75) is 53.4 Å². The summed E-state index contributed by atoms with van der Waals surface area (Å²) in [6.07, 6.45) is 0. The molecule has 8 nitrogen and oxygen atoms in total. The van der Waals surface area contributed by atoms with E-state index in [1.54, 1.807) is 19.9 Å². The van der Waals surface area contributed by atoms with Crippen LogP contribution < -0.4 is 10.6 Å². The minimum Gasteiger partial charge on any atom is -0.403 e. The van der Waals surface area contributed by atoms with E-state index in [0.717, 1.165) is 11.6 Å². The van der Waals surface area contributed by atoms with Gasteiger partial charge in [0, 0.05) is 13.1 Å². The third kappa shape index (κ3) is 6.87. The molecular formula is C26H31F3N6O2. The van der Waals surface area contributed by atoms with E-state index in [1.165, 1.54) is 12.1 Å². The Bertz CT molecular complexity index is 1320. The molecule has 198 valence electrons. The second-order valence-electron chi connectivity index (χ2n) is 8.79. The second-order valence-corrected chi connectivity index (χ2v) is 8.79. The molecule has 0 atom stereocenters. The quantitative estimate of drug-likeness (QED) is 0.258. The molecule has 0 fully saturated rings. The molecule has 0 aliphatic rings. The van der Waals surface area contributed by atoms with Crippen LogP contribution in [0.15, 0.2) is 39.2 Å². The van der Waals surface area contributed by atoms with Gasteiger partial charge in [-0.3, -0.25) is 0 Å². The summed E-state index contributed by atoms with van der Waals surface area (Å²) < 4.78 is 52.3. The number of rotatable bonds is 8. The number of halogens is 3. The molecular weight excluding hydrogens is 485 g/mol. The number of nitrogens with zero attached hydrogens (tertiary/aromatic N) is 4. The van der Waals surface area contributed by atoms with Crippen molar-refractivity contribution in [3.63, 3.8) is 0 Å². The van der Waals surface area contributed by atoms with Crippen molar-refractivity contribution in [3.05, 3.63) is 58.9 Å². The van der Waals surface area contributed by atoms with Crippen molar-refractivity contribution in [3.8, 4) is 22.9 Å². The van der Waals surface area contributed by atoms with E-state index in [1.807, 2.05) is 33.8 Å². The monoisotopic (exact) mass is 516 g/mol. The molecule has 2 aromatic carbocycles. The molecule has 0 bridgehead atoms. The smallest absolute Gasteiger partial charge is 0.315 e. The van der Waals surface area contributed by atoms with Gasteiger partial charge in [0.2, 0.25) is 0 Å². The molecule has 37 heavy (non-hydrogen) atoms. The number of aromatic nitrogens is 4. The lowest BCUT2D eigenvalue weighted by molar-refractivity contribution is 0.555. The van der Waals surface area contributed by atoms with Gasteiger partial charge in [0.25, 0.3) is 11.8 Å². The summed E-state index contributed by atoms with van der Waals surface area (Å²) in [5.41, 5.74) is 1.57. The molecule has 0 amide bonds. The molecule has 0 unspecified atom stereocenters. The van der Waals surface area contributed by atoms with Gasteiger partial charge in [-0.15, -0.1) is 10.2 Å². The highest BCUT2D eigenvalue weighted by molar-refractivity contribution is 5.56. The second kappa shape index (κ2) is 12.4. The van der Waals surface area contributed by atoms with E-state index in [2.05, 4.69) is 31.0 Å². The third-order valence-electron chi connectivity index (χ3n) is 5.33. The van der Waals surface area contributed by atoms with Crippen LogP contribution in [0.4, 0.5) is 25.2 Å². The Kier molecular flexibility index (Phi) is 9.26. The first kappa shape index (κ1) is 27.7. The van der Waals surface area contributed by atoms with Crippen molar-refractivity contribution in [2.75, 3.05) is 23.7 Å². The zero-order valence-corrected chi connectivity index (χ0v) is 21.7. The normalized spacial score (nSPS) is 11.0. The first-order chi connectivity index (χ1) is 17.6. The molecule has 2 aromatic heterocycles. The third-order valence-corrected chi connectivity index (χ3v) is 5.33. The van der Waals surface area contributed by atoms with Gasteiger partial charge in [-0.05, 0) is 61.1 Å². The number of anilines is 2. The van der Waals surface area contributed by atoms with Crippen molar-refractivity contribution in [1.82, 2.24) is 20.4 Å². The van der Waals surface area contributed by atoms with E-state index >= 15 is 0 Å². The lowest BCUT2D eigenvalue weighted by Crippen LogP contribution is -1.97. The van der Waals surface area contributed by atoms with E-state index in [9.17, 15) is 13.2 Å². The van der Waals surface area contributed by atoms with Crippen molar-refractivity contribution in [1.29, 1.82) is 0 Å². The van der Waals surface area contributed by atoms with Crippen LogP contribution in [0.2, 0.25) is 0 Å². The molecule has 2 N–H and O–H groups in total. The molecule has 0 aliphatic carbocycles. The molecule has 0 spiro atoms. The average Bonchev–Trinajstić information content (AvgIpc) is 3.51. The van der Waals surface area contributed by atoms with Gasteiger partial charge < -0.3 is 19.5 Å².